The average Bonchev–Trinajstić information content (AvgIpc) is 3.38. The average molecular weight is 418 g/mol. The van der Waals surface area contributed by atoms with Gasteiger partial charge in [0.25, 0.3) is 0 Å². The highest BCUT2D eigenvalue weighted by molar-refractivity contribution is 7.89. The maximum atomic E-state index is 13.0. The topological polar surface area (TPSA) is 82.9 Å². The summed E-state index contributed by atoms with van der Waals surface area (Å²) in [7, 11) is -3.67. The summed E-state index contributed by atoms with van der Waals surface area (Å²) < 4.78 is 34.3. The Morgan fingerprint density at radius 1 is 1.17 bits per heavy atom. The van der Waals surface area contributed by atoms with Crippen LogP contribution in [0.4, 0.5) is 5.69 Å². The Morgan fingerprint density at radius 3 is 2.66 bits per heavy atom. The van der Waals surface area contributed by atoms with E-state index < -0.39 is 10.0 Å². The van der Waals surface area contributed by atoms with Gasteiger partial charge in [0.15, 0.2) is 0 Å². The smallest absolute Gasteiger partial charge is 0.240 e. The highest BCUT2D eigenvalue weighted by Gasteiger charge is 2.28. The summed E-state index contributed by atoms with van der Waals surface area (Å²) in [5.41, 5.74) is 1.69. The second-order valence-corrected chi connectivity index (χ2v) is 9.46. The first-order valence-corrected chi connectivity index (χ1v) is 11.6. The first-order valence-electron chi connectivity index (χ1n) is 10.1. The van der Waals surface area contributed by atoms with E-state index in [0.717, 1.165) is 42.9 Å². The molecule has 0 spiro atoms. The largest absolute Gasteiger partial charge is 0.468 e. The lowest BCUT2D eigenvalue weighted by Gasteiger charge is -2.33. The van der Waals surface area contributed by atoms with Crippen LogP contribution in [-0.4, -0.2) is 45.4 Å². The summed E-state index contributed by atoms with van der Waals surface area (Å²) >= 11 is 0. The van der Waals surface area contributed by atoms with Gasteiger partial charge in [-0.15, -0.1) is 0 Å². The molecule has 0 saturated carbocycles. The zero-order valence-electron chi connectivity index (χ0n) is 16.6. The standard InChI is InChI=1S/C21H27N3O4S/c1-16(25)24-12-9-17-14-18(7-8-19(17)24)29(26,27)22-15-20(21-6-5-13-28-21)23-10-3-2-4-11-23/h5-8,13-14,20,22H,2-4,9-12,15H2,1H3. The number of amides is 1. The molecule has 7 nitrogen and oxygen atoms in total. The van der Waals surface area contributed by atoms with E-state index in [1.165, 1.54) is 13.3 Å². The van der Waals surface area contributed by atoms with Crippen LogP contribution in [0.1, 0.15) is 43.6 Å². The van der Waals surface area contributed by atoms with E-state index >= 15 is 0 Å². The van der Waals surface area contributed by atoms with Crippen LogP contribution in [0.2, 0.25) is 0 Å². The van der Waals surface area contributed by atoms with Crippen molar-refractivity contribution in [3.05, 3.63) is 47.9 Å². The molecule has 1 amide bonds. The van der Waals surface area contributed by atoms with Crippen molar-refractivity contribution in [3.63, 3.8) is 0 Å². The SMILES string of the molecule is CC(=O)N1CCc2cc(S(=O)(=O)NCC(c3ccco3)N3CCCCC3)ccc21. The molecule has 1 saturated heterocycles. The number of hydrogen-bond donors (Lipinski definition) is 1. The molecule has 29 heavy (non-hydrogen) atoms. The quantitative estimate of drug-likeness (QED) is 0.781. The second kappa shape index (κ2) is 8.30. The number of benzene rings is 1. The summed E-state index contributed by atoms with van der Waals surface area (Å²) in [4.78, 5) is 15.9. The first-order chi connectivity index (χ1) is 14.0. The number of sulfonamides is 1. The molecule has 8 heteroatoms. The molecule has 1 aromatic heterocycles. The summed E-state index contributed by atoms with van der Waals surface area (Å²) in [5, 5.41) is 0. The molecule has 2 aliphatic rings. The van der Waals surface area contributed by atoms with Gasteiger partial charge in [-0.3, -0.25) is 9.69 Å². The Bertz CT molecular complexity index is 966. The van der Waals surface area contributed by atoms with Gasteiger partial charge in [-0.25, -0.2) is 13.1 Å². The molecule has 0 bridgehead atoms. The van der Waals surface area contributed by atoms with Crippen LogP contribution >= 0.6 is 0 Å². The van der Waals surface area contributed by atoms with Gasteiger partial charge in [0.2, 0.25) is 15.9 Å². The monoisotopic (exact) mass is 417 g/mol. The van der Waals surface area contributed by atoms with Gasteiger partial charge in [-0.2, -0.15) is 0 Å². The van der Waals surface area contributed by atoms with Crippen molar-refractivity contribution in [2.45, 2.75) is 43.5 Å². The summed E-state index contributed by atoms with van der Waals surface area (Å²) in [6, 6.07) is 8.60. The molecular formula is C21H27N3O4S. The molecular weight excluding hydrogens is 390 g/mol. The molecule has 2 aromatic rings. The van der Waals surface area contributed by atoms with E-state index in [2.05, 4.69) is 9.62 Å². The van der Waals surface area contributed by atoms with Crippen LogP contribution in [0.15, 0.2) is 45.9 Å². The third kappa shape index (κ3) is 4.24. The molecule has 2 aliphatic heterocycles. The van der Waals surface area contributed by atoms with Gasteiger partial charge in [-0.05, 0) is 68.2 Å². The van der Waals surface area contributed by atoms with Crippen LogP contribution in [0.25, 0.3) is 0 Å². The number of piperidine rings is 1. The van der Waals surface area contributed by atoms with Crippen molar-refractivity contribution in [2.75, 3.05) is 31.1 Å². The maximum Gasteiger partial charge on any atom is 0.240 e. The van der Waals surface area contributed by atoms with Crippen LogP contribution in [0.5, 0.6) is 0 Å². The number of anilines is 1. The fourth-order valence-corrected chi connectivity index (χ4v) is 5.35. The van der Waals surface area contributed by atoms with Crippen LogP contribution in [-0.2, 0) is 21.2 Å². The van der Waals surface area contributed by atoms with Gasteiger partial charge in [0.1, 0.15) is 5.76 Å². The minimum atomic E-state index is -3.67. The third-order valence-electron chi connectivity index (χ3n) is 5.81. The minimum Gasteiger partial charge on any atom is -0.468 e. The summed E-state index contributed by atoms with van der Waals surface area (Å²) in [5.74, 6) is 0.751. The Kier molecular flexibility index (Phi) is 5.76. The fourth-order valence-electron chi connectivity index (χ4n) is 4.26. The predicted octanol–water partition coefficient (Wildman–Crippen LogP) is 2.69. The second-order valence-electron chi connectivity index (χ2n) is 7.69. The fraction of sp³-hybridized carbons (Fsp3) is 0.476. The highest BCUT2D eigenvalue weighted by atomic mass is 32.2. The van der Waals surface area contributed by atoms with Crippen molar-refractivity contribution in [2.24, 2.45) is 0 Å². The number of likely N-dealkylation sites (tertiary alicyclic amines) is 1. The lowest BCUT2D eigenvalue weighted by Crippen LogP contribution is -2.40. The normalized spacial score (nSPS) is 18.6. The van der Waals surface area contributed by atoms with E-state index in [0.29, 0.717) is 13.0 Å². The van der Waals surface area contributed by atoms with Crippen molar-refractivity contribution in [1.29, 1.82) is 0 Å². The molecule has 156 valence electrons. The van der Waals surface area contributed by atoms with Gasteiger partial charge in [-0.1, -0.05) is 6.42 Å². The molecule has 1 unspecified atom stereocenters. The predicted molar refractivity (Wildman–Crippen MR) is 110 cm³/mol. The Labute approximate surface area is 171 Å². The molecule has 1 fully saturated rings. The number of furan rings is 1. The molecule has 1 atom stereocenters. The van der Waals surface area contributed by atoms with Crippen LogP contribution in [0.3, 0.4) is 0 Å². The molecule has 3 heterocycles. The molecule has 0 radical (unpaired) electrons. The van der Waals surface area contributed by atoms with Gasteiger partial charge in [0, 0.05) is 25.7 Å². The Hall–Kier alpha value is -2.16. The van der Waals surface area contributed by atoms with E-state index in [-0.39, 0.29) is 23.4 Å². The van der Waals surface area contributed by atoms with Crippen molar-refractivity contribution in [3.8, 4) is 0 Å². The summed E-state index contributed by atoms with van der Waals surface area (Å²) in [6.07, 6.45) is 5.73. The van der Waals surface area contributed by atoms with E-state index in [1.54, 1.807) is 29.4 Å². The number of fused-ring (bicyclic) bond motifs is 1. The maximum absolute atomic E-state index is 13.0. The van der Waals surface area contributed by atoms with E-state index in [9.17, 15) is 13.2 Å². The third-order valence-corrected chi connectivity index (χ3v) is 7.23. The van der Waals surface area contributed by atoms with Gasteiger partial charge < -0.3 is 9.32 Å². The molecule has 1 aromatic carbocycles. The van der Waals surface area contributed by atoms with Crippen LogP contribution in [0, 0.1) is 0 Å². The Morgan fingerprint density at radius 2 is 1.97 bits per heavy atom. The number of carbonyl (C=O) groups is 1. The number of nitrogens with zero attached hydrogens (tertiary/aromatic N) is 2. The Balaban J connectivity index is 1.51. The number of rotatable bonds is 6. The highest BCUT2D eigenvalue weighted by Crippen LogP contribution is 2.30. The lowest BCUT2D eigenvalue weighted by molar-refractivity contribution is -0.116. The van der Waals surface area contributed by atoms with E-state index in [1.807, 2.05) is 12.1 Å². The van der Waals surface area contributed by atoms with Crippen molar-refractivity contribution < 1.29 is 17.6 Å². The lowest BCUT2D eigenvalue weighted by atomic mass is 10.1. The van der Waals surface area contributed by atoms with Gasteiger partial charge >= 0.3 is 0 Å². The number of nitrogens with one attached hydrogen (secondary N) is 1. The van der Waals surface area contributed by atoms with Crippen molar-refractivity contribution >= 4 is 21.6 Å². The summed E-state index contributed by atoms with van der Waals surface area (Å²) in [6.45, 7) is 4.25. The molecule has 0 aliphatic carbocycles. The van der Waals surface area contributed by atoms with Crippen LogP contribution < -0.4 is 9.62 Å². The number of hydrogen-bond acceptors (Lipinski definition) is 5. The zero-order chi connectivity index (χ0) is 20.4. The van der Waals surface area contributed by atoms with Gasteiger partial charge in [0.05, 0.1) is 17.2 Å². The molecule has 1 N–H and O–H groups in total. The first kappa shape index (κ1) is 20.1. The molecule has 4 rings (SSSR count). The zero-order valence-corrected chi connectivity index (χ0v) is 17.5. The van der Waals surface area contributed by atoms with Crippen molar-refractivity contribution in [1.82, 2.24) is 9.62 Å². The minimum absolute atomic E-state index is 0.0275. The van der Waals surface area contributed by atoms with E-state index in [4.69, 9.17) is 4.42 Å². The number of carbonyl (C=O) groups excluding carboxylic acids is 1.